The van der Waals surface area contributed by atoms with E-state index in [0.717, 1.165) is 56.4 Å². The highest BCUT2D eigenvalue weighted by molar-refractivity contribution is 6.32. The second-order valence-electron chi connectivity index (χ2n) is 6.64. The standard InChI is InChI=1S/C19H28ClN3O3/c1-3-21-19(23-7-5-15(12-23)13-24-2)22-6-4-14-10-16(20)18-17(11-14)25-8-9-26-18/h10-11,15H,3-9,12-13H2,1-2H3,(H,21,22). The van der Waals surface area contributed by atoms with E-state index < -0.39 is 0 Å². The molecule has 1 aromatic rings. The number of fused-ring (bicyclic) bond motifs is 1. The Balaban J connectivity index is 1.61. The first-order valence-corrected chi connectivity index (χ1v) is 9.69. The lowest BCUT2D eigenvalue weighted by molar-refractivity contribution is 0.157. The van der Waals surface area contributed by atoms with Gasteiger partial charge in [0, 0.05) is 39.2 Å². The number of methoxy groups -OCH3 is 1. The summed E-state index contributed by atoms with van der Waals surface area (Å²) in [5.41, 5.74) is 1.11. The molecule has 0 saturated carbocycles. The normalized spacial score (nSPS) is 19.7. The maximum absolute atomic E-state index is 6.31. The number of rotatable bonds is 6. The summed E-state index contributed by atoms with van der Waals surface area (Å²) in [7, 11) is 1.76. The van der Waals surface area contributed by atoms with Crippen molar-refractivity contribution in [1.82, 2.24) is 10.2 Å². The van der Waals surface area contributed by atoms with Gasteiger partial charge < -0.3 is 24.4 Å². The predicted octanol–water partition coefficient (Wildman–Crippen LogP) is 2.59. The van der Waals surface area contributed by atoms with Gasteiger partial charge in [-0.15, -0.1) is 0 Å². The summed E-state index contributed by atoms with van der Waals surface area (Å²) in [4.78, 5) is 7.13. The Bertz CT molecular complexity index is 639. The lowest BCUT2D eigenvalue weighted by atomic mass is 10.1. The Labute approximate surface area is 160 Å². The maximum Gasteiger partial charge on any atom is 0.193 e. The van der Waals surface area contributed by atoms with Gasteiger partial charge in [0.15, 0.2) is 17.5 Å². The van der Waals surface area contributed by atoms with Crippen LogP contribution < -0.4 is 14.8 Å². The Kier molecular flexibility index (Phi) is 6.86. The summed E-state index contributed by atoms with van der Waals surface area (Å²) in [6.45, 7) is 7.59. The first-order valence-electron chi connectivity index (χ1n) is 9.31. The molecular formula is C19H28ClN3O3. The first-order chi connectivity index (χ1) is 12.7. The summed E-state index contributed by atoms with van der Waals surface area (Å²) < 4.78 is 16.5. The number of hydrogen-bond donors (Lipinski definition) is 1. The van der Waals surface area contributed by atoms with Crippen molar-refractivity contribution in [2.75, 3.05) is 53.1 Å². The van der Waals surface area contributed by atoms with Crippen molar-refractivity contribution in [3.8, 4) is 11.5 Å². The van der Waals surface area contributed by atoms with Crippen LogP contribution in [0.3, 0.4) is 0 Å². The molecule has 0 aromatic heterocycles. The molecular weight excluding hydrogens is 354 g/mol. The van der Waals surface area contributed by atoms with E-state index in [1.165, 1.54) is 0 Å². The Morgan fingerprint density at radius 3 is 3.04 bits per heavy atom. The summed E-state index contributed by atoms with van der Waals surface area (Å²) in [5.74, 6) is 2.95. The zero-order valence-electron chi connectivity index (χ0n) is 15.6. The quantitative estimate of drug-likeness (QED) is 0.606. The molecule has 0 radical (unpaired) electrons. The summed E-state index contributed by atoms with van der Waals surface area (Å²) >= 11 is 6.31. The Morgan fingerprint density at radius 2 is 2.23 bits per heavy atom. The van der Waals surface area contributed by atoms with Gasteiger partial charge >= 0.3 is 0 Å². The smallest absolute Gasteiger partial charge is 0.193 e. The number of aliphatic imine (C=N–C) groups is 1. The number of nitrogens with zero attached hydrogens (tertiary/aromatic N) is 2. The highest BCUT2D eigenvalue weighted by Gasteiger charge is 2.24. The van der Waals surface area contributed by atoms with Crippen molar-refractivity contribution < 1.29 is 14.2 Å². The zero-order valence-corrected chi connectivity index (χ0v) is 16.3. The van der Waals surface area contributed by atoms with E-state index in [1.54, 1.807) is 7.11 Å². The van der Waals surface area contributed by atoms with Crippen LogP contribution >= 0.6 is 11.6 Å². The van der Waals surface area contributed by atoms with Crippen molar-refractivity contribution in [3.05, 3.63) is 22.7 Å². The second kappa shape index (κ2) is 9.33. The van der Waals surface area contributed by atoms with E-state index >= 15 is 0 Å². The summed E-state index contributed by atoms with van der Waals surface area (Å²) in [5, 5.41) is 4.01. The second-order valence-corrected chi connectivity index (χ2v) is 7.05. The molecule has 2 aliphatic rings. The third-order valence-corrected chi connectivity index (χ3v) is 4.92. The van der Waals surface area contributed by atoms with Gasteiger partial charge in [-0.3, -0.25) is 4.99 Å². The van der Waals surface area contributed by atoms with Crippen molar-refractivity contribution in [1.29, 1.82) is 0 Å². The molecule has 144 valence electrons. The topological polar surface area (TPSA) is 55.3 Å². The number of hydrogen-bond acceptors (Lipinski definition) is 4. The lowest BCUT2D eigenvalue weighted by Crippen LogP contribution is -2.40. The van der Waals surface area contributed by atoms with Gasteiger partial charge in [0.25, 0.3) is 0 Å². The van der Waals surface area contributed by atoms with Crippen LogP contribution in [0.25, 0.3) is 0 Å². The van der Waals surface area contributed by atoms with E-state index in [1.807, 2.05) is 12.1 Å². The molecule has 1 unspecified atom stereocenters. The molecule has 0 spiro atoms. The predicted molar refractivity (Wildman–Crippen MR) is 104 cm³/mol. The molecule has 0 bridgehead atoms. The van der Waals surface area contributed by atoms with Crippen LogP contribution in [0.15, 0.2) is 17.1 Å². The van der Waals surface area contributed by atoms with Crippen LogP contribution in [-0.2, 0) is 11.2 Å². The number of likely N-dealkylation sites (tertiary alicyclic amines) is 1. The minimum absolute atomic E-state index is 0.544. The third-order valence-electron chi connectivity index (χ3n) is 4.64. The van der Waals surface area contributed by atoms with Gasteiger partial charge in [-0.25, -0.2) is 0 Å². The van der Waals surface area contributed by atoms with Crippen LogP contribution in [0.1, 0.15) is 18.9 Å². The molecule has 1 aromatic carbocycles. The Morgan fingerprint density at radius 1 is 1.38 bits per heavy atom. The molecule has 6 nitrogen and oxygen atoms in total. The summed E-state index contributed by atoms with van der Waals surface area (Å²) in [6.07, 6.45) is 1.95. The van der Waals surface area contributed by atoms with Crippen LogP contribution in [0, 0.1) is 5.92 Å². The number of guanidine groups is 1. The van der Waals surface area contributed by atoms with Crippen molar-refractivity contribution in [2.24, 2.45) is 10.9 Å². The molecule has 1 saturated heterocycles. The van der Waals surface area contributed by atoms with Gasteiger partial charge in [0.1, 0.15) is 13.2 Å². The third kappa shape index (κ3) is 4.74. The monoisotopic (exact) mass is 381 g/mol. The number of halogens is 1. The number of benzene rings is 1. The van der Waals surface area contributed by atoms with Crippen LogP contribution in [0.4, 0.5) is 0 Å². The van der Waals surface area contributed by atoms with E-state index in [0.29, 0.717) is 36.4 Å². The lowest BCUT2D eigenvalue weighted by Gasteiger charge is -2.22. The van der Waals surface area contributed by atoms with Crippen molar-refractivity contribution in [2.45, 2.75) is 19.8 Å². The molecule has 1 N–H and O–H groups in total. The molecule has 0 amide bonds. The van der Waals surface area contributed by atoms with Crippen LogP contribution in [-0.4, -0.2) is 64.0 Å². The van der Waals surface area contributed by atoms with Gasteiger partial charge in [0.2, 0.25) is 0 Å². The van der Waals surface area contributed by atoms with Gasteiger partial charge in [-0.2, -0.15) is 0 Å². The summed E-state index contributed by atoms with van der Waals surface area (Å²) in [6, 6.07) is 3.95. The minimum atomic E-state index is 0.544. The van der Waals surface area contributed by atoms with Gasteiger partial charge in [-0.05, 0) is 37.5 Å². The highest BCUT2D eigenvalue weighted by atomic mass is 35.5. The van der Waals surface area contributed by atoms with Gasteiger partial charge in [-0.1, -0.05) is 11.6 Å². The molecule has 3 rings (SSSR count). The average molecular weight is 382 g/mol. The Hall–Kier alpha value is -1.66. The van der Waals surface area contributed by atoms with Gasteiger partial charge in [0.05, 0.1) is 11.6 Å². The largest absolute Gasteiger partial charge is 0.486 e. The van der Waals surface area contributed by atoms with Crippen LogP contribution in [0.5, 0.6) is 11.5 Å². The number of ether oxygens (including phenoxy) is 3. The molecule has 0 aliphatic carbocycles. The fourth-order valence-corrected chi connectivity index (χ4v) is 3.71. The van der Waals surface area contributed by atoms with E-state index in [-0.39, 0.29) is 0 Å². The molecule has 1 fully saturated rings. The highest BCUT2D eigenvalue weighted by Crippen LogP contribution is 2.38. The first kappa shape index (κ1) is 19.1. The van der Waals surface area contributed by atoms with E-state index in [4.69, 9.17) is 30.8 Å². The van der Waals surface area contributed by atoms with Crippen molar-refractivity contribution >= 4 is 17.6 Å². The molecule has 1 atom stereocenters. The average Bonchev–Trinajstić information content (AvgIpc) is 3.10. The fraction of sp³-hybridized carbons (Fsp3) is 0.632. The molecule has 26 heavy (non-hydrogen) atoms. The molecule has 2 aliphatic heterocycles. The zero-order chi connectivity index (χ0) is 18.4. The minimum Gasteiger partial charge on any atom is -0.486 e. The van der Waals surface area contributed by atoms with Crippen molar-refractivity contribution in [3.63, 3.8) is 0 Å². The fourth-order valence-electron chi connectivity index (χ4n) is 3.42. The SMILES string of the molecule is CCNC(=NCCc1cc(Cl)c2c(c1)OCCO2)N1CCC(COC)C1. The molecule has 7 heteroatoms. The van der Waals surface area contributed by atoms with Crippen LogP contribution in [0.2, 0.25) is 5.02 Å². The number of nitrogens with one attached hydrogen (secondary N) is 1. The molecule has 2 heterocycles. The van der Waals surface area contributed by atoms with E-state index in [2.05, 4.69) is 17.1 Å². The maximum atomic E-state index is 6.31. The van der Waals surface area contributed by atoms with E-state index in [9.17, 15) is 0 Å².